The zero-order chi connectivity index (χ0) is 18.2. The predicted octanol–water partition coefficient (Wildman–Crippen LogP) is 1.66. The summed E-state index contributed by atoms with van der Waals surface area (Å²) in [5.74, 6) is 0.0481. The largest absolute Gasteiger partial charge is 0.342 e. The number of nitrogens with two attached hydrogens (primary N) is 1. The third-order valence-corrected chi connectivity index (χ3v) is 8.74. The van der Waals surface area contributed by atoms with E-state index in [1.807, 2.05) is 4.90 Å². The van der Waals surface area contributed by atoms with Crippen molar-refractivity contribution < 1.29 is 13.2 Å². The van der Waals surface area contributed by atoms with Gasteiger partial charge < -0.3 is 10.6 Å². The van der Waals surface area contributed by atoms with Gasteiger partial charge >= 0.3 is 0 Å². The molecule has 1 aromatic rings. The number of carbonyl (C=O) groups excluding carboxylic acids is 1. The molecule has 3 heterocycles. The summed E-state index contributed by atoms with van der Waals surface area (Å²) in [6.07, 6.45) is 2.90. The molecule has 0 saturated carbocycles. The second-order valence-electron chi connectivity index (χ2n) is 7.71. The summed E-state index contributed by atoms with van der Waals surface area (Å²) in [6.45, 7) is 6.69. The number of sulfonamides is 1. The van der Waals surface area contributed by atoms with Gasteiger partial charge in [0.1, 0.15) is 4.21 Å². The fourth-order valence-electron chi connectivity index (χ4n) is 3.50. The first-order valence-corrected chi connectivity index (χ1v) is 11.1. The first-order chi connectivity index (χ1) is 11.7. The molecule has 0 aliphatic carbocycles. The minimum Gasteiger partial charge on any atom is -0.342 e. The molecule has 0 radical (unpaired) electrons. The van der Waals surface area contributed by atoms with Crippen LogP contribution in [0.15, 0.2) is 16.3 Å². The smallest absolute Gasteiger partial charge is 0.252 e. The molecule has 0 aromatic carbocycles. The quantitative estimate of drug-likeness (QED) is 0.854. The van der Waals surface area contributed by atoms with Gasteiger partial charge in [-0.3, -0.25) is 4.79 Å². The van der Waals surface area contributed by atoms with Crippen molar-refractivity contribution in [3.8, 4) is 0 Å². The number of hydrogen-bond donors (Lipinski definition) is 1. The summed E-state index contributed by atoms with van der Waals surface area (Å²) in [4.78, 5) is 15.3. The Balaban J connectivity index is 1.66. The Morgan fingerprint density at radius 1 is 1.28 bits per heavy atom. The second-order valence-corrected chi connectivity index (χ2v) is 11.0. The number of nitrogens with zero attached hydrogens (tertiary/aromatic N) is 2. The van der Waals surface area contributed by atoms with Gasteiger partial charge in [0.2, 0.25) is 5.91 Å². The van der Waals surface area contributed by atoms with E-state index in [4.69, 9.17) is 5.73 Å². The van der Waals surface area contributed by atoms with Crippen LogP contribution in [0.2, 0.25) is 0 Å². The Bertz CT molecular complexity index is 736. The van der Waals surface area contributed by atoms with Gasteiger partial charge in [0.05, 0.1) is 6.42 Å². The van der Waals surface area contributed by atoms with Crippen LogP contribution in [0.1, 0.15) is 38.0 Å². The molecule has 2 aliphatic heterocycles. The summed E-state index contributed by atoms with van der Waals surface area (Å²) in [6, 6.07) is 3.51. The SMILES string of the molecule is CC1(C)CN(C(=O)Cc2ccc(S(=O)(=O)N3CCCC3)s2)CCC1N. The van der Waals surface area contributed by atoms with Crippen LogP contribution in [0.4, 0.5) is 0 Å². The molecule has 1 aromatic heterocycles. The first-order valence-electron chi connectivity index (χ1n) is 8.82. The van der Waals surface area contributed by atoms with E-state index in [0.717, 1.165) is 24.1 Å². The standard InChI is InChI=1S/C17H27N3O3S2/c1-17(2)12-19(10-7-14(17)18)15(21)11-13-5-6-16(24-13)25(22,23)20-8-3-4-9-20/h5-6,14H,3-4,7-12,18H2,1-2H3. The van der Waals surface area contributed by atoms with Crippen molar-refractivity contribution in [2.75, 3.05) is 26.2 Å². The highest BCUT2D eigenvalue weighted by molar-refractivity contribution is 7.91. The fourth-order valence-corrected chi connectivity index (χ4v) is 6.51. The maximum atomic E-state index is 12.6. The van der Waals surface area contributed by atoms with Crippen molar-refractivity contribution >= 4 is 27.3 Å². The van der Waals surface area contributed by atoms with E-state index in [1.54, 1.807) is 16.4 Å². The van der Waals surface area contributed by atoms with E-state index in [2.05, 4.69) is 13.8 Å². The molecule has 0 bridgehead atoms. The van der Waals surface area contributed by atoms with Crippen LogP contribution in [0.25, 0.3) is 0 Å². The summed E-state index contributed by atoms with van der Waals surface area (Å²) in [7, 11) is -3.39. The monoisotopic (exact) mass is 385 g/mol. The van der Waals surface area contributed by atoms with E-state index in [0.29, 0.717) is 30.4 Å². The van der Waals surface area contributed by atoms with Gasteiger partial charge in [-0.15, -0.1) is 11.3 Å². The molecule has 8 heteroatoms. The lowest BCUT2D eigenvalue weighted by molar-refractivity contribution is -0.133. The Morgan fingerprint density at radius 2 is 1.96 bits per heavy atom. The Hall–Kier alpha value is -0.960. The van der Waals surface area contributed by atoms with Crippen molar-refractivity contribution in [1.82, 2.24) is 9.21 Å². The molecule has 6 nitrogen and oxygen atoms in total. The molecule has 25 heavy (non-hydrogen) atoms. The highest BCUT2D eigenvalue weighted by atomic mass is 32.2. The Kier molecular flexibility index (Phi) is 5.26. The topological polar surface area (TPSA) is 83.7 Å². The molecular weight excluding hydrogens is 358 g/mol. The van der Waals surface area contributed by atoms with E-state index in [1.165, 1.54) is 11.3 Å². The zero-order valence-electron chi connectivity index (χ0n) is 14.9. The van der Waals surface area contributed by atoms with Gasteiger partial charge in [-0.25, -0.2) is 8.42 Å². The number of carbonyl (C=O) groups is 1. The molecular formula is C17H27N3O3S2. The third-order valence-electron chi connectivity index (χ3n) is 5.29. The van der Waals surface area contributed by atoms with Gasteiger partial charge in [-0.1, -0.05) is 13.8 Å². The molecule has 3 rings (SSSR count). The molecule has 2 aliphatic rings. The van der Waals surface area contributed by atoms with Crippen LogP contribution in [-0.2, 0) is 21.2 Å². The van der Waals surface area contributed by atoms with Crippen LogP contribution in [0, 0.1) is 5.41 Å². The van der Waals surface area contributed by atoms with Crippen LogP contribution in [0.5, 0.6) is 0 Å². The molecule has 2 saturated heterocycles. The Labute approximate surface area is 154 Å². The molecule has 2 fully saturated rings. The summed E-state index contributed by atoms with van der Waals surface area (Å²) in [5, 5.41) is 0. The normalized spacial score (nSPS) is 24.6. The lowest BCUT2D eigenvalue weighted by atomic mass is 9.79. The number of hydrogen-bond acceptors (Lipinski definition) is 5. The van der Waals surface area contributed by atoms with Crippen LogP contribution < -0.4 is 5.73 Å². The van der Waals surface area contributed by atoms with Gasteiger partial charge in [0.25, 0.3) is 10.0 Å². The van der Waals surface area contributed by atoms with Crippen molar-refractivity contribution in [2.45, 2.75) is 49.8 Å². The number of likely N-dealkylation sites (tertiary alicyclic amines) is 1. The zero-order valence-corrected chi connectivity index (χ0v) is 16.5. The number of piperidine rings is 1. The molecule has 1 unspecified atom stereocenters. The van der Waals surface area contributed by atoms with E-state index in [9.17, 15) is 13.2 Å². The lowest BCUT2D eigenvalue weighted by Crippen LogP contribution is -2.54. The van der Waals surface area contributed by atoms with Crippen molar-refractivity contribution in [2.24, 2.45) is 11.1 Å². The summed E-state index contributed by atoms with van der Waals surface area (Å²) in [5.41, 5.74) is 6.04. The minimum absolute atomic E-state index is 0.0481. The first kappa shape index (κ1) is 18.8. The number of rotatable bonds is 4. The molecule has 1 amide bonds. The molecule has 2 N–H and O–H groups in total. The lowest BCUT2D eigenvalue weighted by Gasteiger charge is -2.42. The maximum Gasteiger partial charge on any atom is 0.252 e. The van der Waals surface area contributed by atoms with Gasteiger partial charge in [0.15, 0.2) is 0 Å². The average Bonchev–Trinajstić information content (AvgIpc) is 3.21. The van der Waals surface area contributed by atoms with Crippen molar-refractivity contribution in [1.29, 1.82) is 0 Å². The van der Waals surface area contributed by atoms with Crippen LogP contribution >= 0.6 is 11.3 Å². The summed E-state index contributed by atoms with van der Waals surface area (Å²) >= 11 is 1.22. The molecule has 140 valence electrons. The fraction of sp³-hybridized carbons (Fsp3) is 0.706. The highest BCUT2D eigenvalue weighted by Crippen LogP contribution is 2.30. The number of thiophene rings is 1. The number of amides is 1. The van der Waals surface area contributed by atoms with Gasteiger partial charge in [-0.05, 0) is 36.8 Å². The summed E-state index contributed by atoms with van der Waals surface area (Å²) < 4.78 is 27.1. The van der Waals surface area contributed by atoms with Gasteiger partial charge in [-0.2, -0.15) is 4.31 Å². The van der Waals surface area contributed by atoms with E-state index in [-0.39, 0.29) is 23.8 Å². The van der Waals surface area contributed by atoms with Crippen LogP contribution in [-0.4, -0.2) is 55.8 Å². The van der Waals surface area contributed by atoms with E-state index < -0.39 is 10.0 Å². The molecule has 1 atom stereocenters. The highest BCUT2D eigenvalue weighted by Gasteiger charge is 2.35. The van der Waals surface area contributed by atoms with E-state index >= 15 is 0 Å². The molecule has 0 spiro atoms. The minimum atomic E-state index is -3.39. The second kappa shape index (κ2) is 6.98. The predicted molar refractivity (Wildman–Crippen MR) is 99.0 cm³/mol. The maximum absolute atomic E-state index is 12.6. The van der Waals surface area contributed by atoms with Gasteiger partial charge in [0, 0.05) is 37.1 Å². The Morgan fingerprint density at radius 3 is 2.60 bits per heavy atom. The average molecular weight is 386 g/mol. The van der Waals surface area contributed by atoms with Crippen LogP contribution in [0.3, 0.4) is 0 Å². The van der Waals surface area contributed by atoms with Crippen molar-refractivity contribution in [3.05, 3.63) is 17.0 Å². The van der Waals surface area contributed by atoms with Crippen molar-refractivity contribution in [3.63, 3.8) is 0 Å². The third kappa shape index (κ3) is 3.92.